The fraction of sp³-hybridized carbons (Fsp3) is 0.286. The summed E-state index contributed by atoms with van der Waals surface area (Å²) in [5.41, 5.74) is 4.25. The Hall–Kier alpha value is -3.44. The molecule has 1 amide bonds. The number of carbonyl (C=O) groups is 1. The van der Waals surface area contributed by atoms with Crippen LogP contribution in [0.4, 0.5) is 5.69 Å². The van der Waals surface area contributed by atoms with Crippen LogP contribution in [0.1, 0.15) is 49.2 Å². The number of nitrogens with one attached hydrogen (secondary N) is 2. The van der Waals surface area contributed by atoms with Gasteiger partial charge in [-0.3, -0.25) is 10.1 Å². The van der Waals surface area contributed by atoms with Crippen LogP contribution < -0.4 is 15.4 Å². The van der Waals surface area contributed by atoms with Crippen LogP contribution in [0, 0.1) is 6.92 Å². The Morgan fingerprint density at radius 3 is 2.09 bits per heavy atom. The second-order valence-electron chi connectivity index (χ2n) is 7.29. The van der Waals surface area contributed by atoms with Gasteiger partial charge in [-0.05, 0) is 69.5 Å². The molecule has 0 aliphatic carbocycles. The van der Waals surface area contributed by atoms with Gasteiger partial charge in [0.2, 0.25) is 0 Å². The molecule has 0 aliphatic heterocycles. The van der Waals surface area contributed by atoms with Crippen molar-refractivity contribution < 1.29 is 9.53 Å². The summed E-state index contributed by atoms with van der Waals surface area (Å²) < 4.78 is 5.62. The van der Waals surface area contributed by atoms with E-state index >= 15 is 0 Å². The quantitative estimate of drug-likeness (QED) is 0.235. The number of aliphatic imine (C=N–C) groups is 1. The molecule has 5 nitrogen and oxygen atoms in total. The molecule has 0 unspecified atom stereocenters. The summed E-state index contributed by atoms with van der Waals surface area (Å²) in [6.45, 7) is 14.9. The van der Waals surface area contributed by atoms with Gasteiger partial charge >= 0.3 is 0 Å². The molecule has 0 radical (unpaired) electrons. The molecule has 0 spiro atoms. The average Bonchev–Trinajstić information content (AvgIpc) is 2.85. The zero-order valence-corrected chi connectivity index (χ0v) is 20.5. The molecule has 33 heavy (non-hydrogen) atoms. The monoisotopic (exact) mass is 447 g/mol. The largest absolute Gasteiger partial charge is 0.491 e. The lowest BCUT2D eigenvalue weighted by Crippen LogP contribution is -2.21. The number of aryl methyl sites for hydroxylation is 1. The predicted octanol–water partition coefficient (Wildman–Crippen LogP) is 6.50. The first-order valence-corrected chi connectivity index (χ1v) is 11.3. The lowest BCUT2D eigenvalue weighted by Gasteiger charge is -2.11. The fourth-order valence-corrected chi connectivity index (χ4v) is 2.67. The highest BCUT2D eigenvalue weighted by Gasteiger charge is 1.98. The van der Waals surface area contributed by atoms with Gasteiger partial charge in [0, 0.05) is 17.8 Å². The summed E-state index contributed by atoms with van der Waals surface area (Å²) in [6.07, 6.45) is 0.208. The number of ether oxygens (including phenoxy) is 1. The van der Waals surface area contributed by atoms with Gasteiger partial charge < -0.3 is 10.1 Å². The van der Waals surface area contributed by atoms with Crippen molar-refractivity contribution in [2.45, 2.75) is 47.3 Å². The molecular formula is C28H37N3O2. The lowest BCUT2D eigenvalue weighted by atomic mass is 10.1. The standard InChI is InChI=1S/C18H24N2O.C8H7NO.C2H6/c1-14(2)21-18-10-8-17(9-11-18)20-13-19-12-16-6-4-15(3)5-7-16;1-9-8(10)7-5-3-2-4-6-7;1-2/h4-11,14,19-20H,12-13H2,1-3H3;2-6H,1H2;1-2H3. The van der Waals surface area contributed by atoms with Crippen molar-refractivity contribution in [3.05, 3.63) is 95.6 Å². The van der Waals surface area contributed by atoms with Crippen LogP contribution in [-0.2, 0) is 6.54 Å². The first-order chi connectivity index (χ1) is 16.0. The molecule has 3 aromatic rings. The third-order valence-corrected chi connectivity index (χ3v) is 4.26. The van der Waals surface area contributed by atoms with E-state index in [0.717, 1.165) is 24.7 Å². The van der Waals surface area contributed by atoms with Crippen molar-refractivity contribution in [2.75, 3.05) is 12.0 Å². The molecule has 5 heteroatoms. The number of benzene rings is 3. The summed E-state index contributed by atoms with van der Waals surface area (Å²) in [6, 6.07) is 25.5. The van der Waals surface area contributed by atoms with Crippen LogP contribution in [0.2, 0.25) is 0 Å². The second-order valence-corrected chi connectivity index (χ2v) is 7.29. The van der Waals surface area contributed by atoms with Gasteiger partial charge in [0.1, 0.15) is 5.75 Å². The molecular weight excluding hydrogens is 410 g/mol. The predicted molar refractivity (Wildman–Crippen MR) is 140 cm³/mol. The van der Waals surface area contributed by atoms with Crippen LogP contribution in [0.3, 0.4) is 0 Å². The van der Waals surface area contributed by atoms with E-state index in [1.807, 2.05) is 58.0 Å². The lowest BCUT2D eigenvalue weighted by molar-refractivity contribution is 0.100. The van der Waals surface area contributed by atoms with Crippen molar-refractivity contribution >= 4 is 18.3 Å². The number of amides is 1. The van der Waals surface area contributed by atoms with Crippen LogP contribution in [0.15, 0.2) is 83.9 Å². The minimum atomic E-state index is -0.277. The summed E-state index contributed by atoms with van der Waals surface area (Å²) >= 11 is 0. The number of anilines is 1. The van der Waals surface area contributed by atoms with Crippen LogP contribution >= 0.6 is 0 Å². The number of carbonyl (C=O) groups excluding carboxylic acids is 1. The molecule has 0 heterocycles. The Morgan fingerprint density at radius 2 is 1.55 bits per heavy atom. The molecule has 176 valence electrons. The number of hydrogen-bond donors (Lipinski definition) is 2. The van der Waals surface area contributed by atoms with Crippen molar-refractivity contribution in [2.24, 2.45) is 4.99 Å². The third-order valence-electron chi connectivity index (χ3n) is 4.26. The summed E-state index contributed by atoms with van der Waals surface area (Å²) in [5.74, 6) is 0.628. The maximum atomic E-state index is 10.8. The second kappa shape index (κ2) is 16.2. The third kappa shape index (κ3) is 11.7. The van der Waals surface area contributed by atoms with E-state index < -0.39 is 0 Å². The summed E-state index contributed by atoms with van der Waals surface area (Å²) in [4.78, 5) is 14.1. The molecule has 0 fully saturated rings. The van der Waals surface area contributed by atoms with Gasteiger partial charge in [-0.25, -0.2) is 4.99 Å². The maximum Gasteiger partial charge on any atom is 0.276 e. The first kappa shape index (κ1) is 27.6. The highest BCUT2D eigenvalue weighted by Crippen LogP contribution is 2.16. The average molecular weight is 448 g/mol. The van der Waals surface area contributed by atoms with E-state index in [4.69, 9.17) is 4.74 Å². The topological polar surface area (TPSA) is 62.7 Å². The van der Waals surface area contributed by atoms with Gasteiger partial charge in [0.25, 0.3) is 5.91 Å². The Labute approximate surface area is 198 Å². The fourth-order valence-electron chi connectivity index (χ4n) is 2.67. The highest BCUT2D eigenvalue weighted by molar-refractivity contribution is 5.96. The number of nitrogens with zero attached hydrogens (tertiary/aromatic N) is 1. The summed E-state index contributed by atoms with van der Waals surface area (Å²) in [7, 11) is 0. The Balaban J connectivity index is 0.000000380. The van der Waals surface area contributed by atoms with Crippen LogP contribution in [-0.4, -0.2) is 25.4 Å². The van der Waals surface area contributed by atoms with Gasteiger partial charge in [-0.2, -0.15) is 0 Å². The Kier molecular flexibility index (Phi) is 13.6. The zero-order chi connectivity index (χ0) is 24.5. The molecule has 0 aromatic heterocycles. The van der Waals surface area contributed by atoms with Crippen LogP contribution in [0.25, 0.3) is 0 Å². The minimum absolute atomic E-state index is 0.208. The van der Waals surface area contributed by atoms with E-state index in [9.17, 15) is 4.79 Å². The molecule has 2 N–H and O–H groups in total. The normalized spacial score (nSPS) is 9.64. The zero-order valence-electron chi connectivity index (χ0n) is 20.5. The van der Waals surface area contributed by atoms with Crippen molar-refractivity contribution in [1.82, 2.24) is 5.32 Å². The Bertz CT molecular complexity index is 922. The van der Waals surface area contributed by atoms with Crippen molar-refractivity contribution in [3.8, 4) is 5.75 Å². The first-order valence-electron chi connectivity index (χ1n) is 11.3. The van der Waals surface area contributed by atoms with E-state index in [-0.39, 0.29) is 12.0 Å². The molecule has 0 saturated carbocycles. The van der Waals surface area contributed by atoms with Crippen molar-refractivity contribution in [1.29, 1.82) is 0 Å². The van der Waals surface area contributed by atoms with Crippen molar-refractivity contribution in [3.63, 3.8) is 0 Å². The molecule has 0 aliphatic rings. The molecule has 3 rings (SSSR count). The molecule has 0 saturated heterocycles. The Morgan fingerprint density at radius 1 is 0.939 bits per heavy atom. The molecule has 0 bridgehead atoms. The number of hydrogen-bond acceptors (Lipinski definition) is 4. The highest BCUT2D eigenvalue weighted by atomic mass is 16.5. The van der Waals surface area contributed by atoms with Gasteiger partial charge in [0.15, 0.2) is 0 Å². The van der Waals surface area contributed by atoms with Gasteiger partial charge in [-0.15, -0.1) is 0 Å². The molecule has 0 atom stereocenters. The SMILES string of the molecule is C=NC(=O)c1ccccc1.CC.Cc1ccc(CNCNc2ccc(OC(C)C)cc2)cc1. The van der Waals surface area contributed by atoms with Gasteiger partial charge in [-0.1, -0.05) is 61.9 Å². The van der Waals surface area contributed by atoms with E-state index in [0.29, 0.717) is 5.56 Å². The van der Waals surface area contributed by atoms with E-state index in [1.165, 1.54) is 11.1 Å². The van der Waals surface area contributed by atoms with Gasteiger partial charge in [0.05, 0.1) is 12.8 Å². The minimum Gasteiger partial charge on any atom is -0.491 e. The number of rotatable bonds is 8. The van der Waals surface area contributed by atoms with E-state index in [2.05, 4.69) is 53.5 Å². The van der Waals surface area contributed by atoms with Crippen LogP contribution in [0.5, 0.6) is 5.75 Å². The molecule has 3 aromatic carbocycles. The maximum absolute atomic E-state index is 10.8. The smallest absolute Gasteiger partial charge is 0.276 e. The summed E-state index contributed by atoms with van der Waals surface area (Å²) in [5, 5.41) is 6.71. The van der Waals surface area contributed by atoms with E-state index in [1.54, 1.807) is 24.3 Å².